The average molecular weight is 412 g/mol. The molecule has 154 valence electrons. The van der Waals surface area contributed by atoms with Gasteiger partial charge in [0, 0.05) is 53.0 Å². The van der Waals surface area contributed by atoms with Crippen LogP contribution in [0, 0.1) is 0 Å². The van der Waals surface area contributed by atoms with Crippen LogP contribution in [0.1, 0.15) is 0 Å². The molecule has 7 nitrogen and oxygen atoms in total. The molecule has 31 heavy (non-hydrogen) atoms. The minimum Gasteiger partial charge on any atom is -0.481 e. The van der Waals surface area contributed by atoms with E-state index in [-0.39, 0.29) is 6.61 Å². The third-order valence-electron chi connectivity index (χ3n) is 5.13. The normalized spacial score (nSPS) is 11.2. The van der Waals surface area contributed by atoms with Gasteiger partial charge in [-0.15, -0.1) is 0 Å². The van der Waals surface area contributed by atoms with E-state index in [1.807, 2.05) is 54.7 Å². The van der Waals surface area contributed by atoms with Crippen LogP contribution in [0.25, 0.3) is 44.7 Å². The number of ether oxygens (including phenoxy) is 1. The highest BCUT2D eigenvalue weighted by Crippen LogP contribution is 2.34. The summed E-state index contributed by atoms with van der Waals surface area (Å²) in [4.78, 5) is 8.75. The first-order chi connectivity index (χ1) is 15.2. The first-order valence-electron chi connectivity index (χ1n) is 9.88. The van der Waals surface area contributed by atoms with Crippen molar-refractivity contribution in [3.8, 4) is 39.5 Å². The molecule has 5 aromatic rings. The average Bonchev–Trinajstić information content (AvgIpc) is 3.47. The van der Waals surface area contributed by atoms with E-state index in [9.17, 15) is 0 Å². The first-order valence-corrected chi connectivity index (χ1v) is 9.88. The molecule has 0 aliphatic carbocycles. The maximum absolute atomic E-state index is 9.05. The number of fused-ring (bicyclic) bond motifs is 1. The molecular formula is C24H20N4O3. The van der Waals surface area contributed by atoms with Gasteiger partial charge in [-0.25, -0.2) is 4.98 Å². The van der Waals surface area contributed by atoms with Crippen LogP contribution >= 0.6 is 0 Å². The molecule has 0 saturated heterocycles. The third-order valence-corrected chi connectivity index (χ3v) is 5.13. The molecule has 4 heterocycles. The highest BCUT2D eigenvalue weighted by atomic mass is 16.5. The quantitative estimate of drug-likeness (QED) is 0.444. The molecule has 0 radical (unpaired) electrons. The smallest absolute Gasteiger partial charge is 0.212 e. The van der Waals surface area contributed by atoms with Crippen LogP contribution in [-0.2, 0) is 6.54 Å². The van der Waals surface area contributed by atoms with Crippen LogP contribution in [0.5, 0.6) is 5.88 Å². The Morgan fingerprint density at radius 3 is 2.48 bits per heavy atom. The summed E-state index contributed by atoms with van der Waals surface area (Å²) in [6.07, 6.45) is 7.26. The summed E-state index contributed by atoms with van der Waals surface area (Å²) in [5.74, 6) is 1.31. The summed E-state index contributed by atoms with van der Waals surface area (Å²) in [6, 6.07) is 15.8. The molecule has 7 heteroatoms. The van der Waals surface area contributed by atoms with E-state index in [1.165, 1.54) is 0 Å². The highest BCUT2D eigenvalue weighted by Gasteiger charge is 2.13. The van der Waals surface area contributed by atoms with Gasteiger partial charge in [-0.05, 0) is 17.7 Å². The summed E-state index contributed by atoms with van der Waals surface area (Å²) in [6.45, 7) is 0.546. The predicted octanol–water partition coefficient (Wildman–Crippen LogP) is 4.42. The van der Waals surface area contributed by atoms with Gasteiger partial charge in [0.2, 0.25) is 5.88 Å². The van der Waals surface area contributed by atoms with E-state index in [1.54, 1.807) is 30.4 Å². The number of rotatable bonds is 6. The van der Waals surface area contributed by atoms with Crippen molar-refractivity contribution < 1.29 is 14.3 Å². The minimum absolute atomic E-state index is 0.0642. The molecule has 1 N–H and O–H groups in total. The molecule has 0 saturated carbocycles. The van der Waals surface area contributed by atoms with Gasteiger partial charge in [-0.3, -0.25) is 9.67 Å². The fraction of sp³-hybridized carbons (Fsp3) is 0.125. The van der Waals surface area contributed by atoms with Crippen LogP contribution < -0.4 is 4.74 Å². The molecular weight excluding hydrogens is 392 g/mol. The zero-order chi connectivity index (χ0) is 21.2. The second kappa shape index (κ2) is 8.04. The largest absolute Gasteiger partial charge is 0.481 e. The topological polar surface area (TPSA) is 86.2 Å². The van der Waals surface area contributed by atoms with Gasteiger partial charge in [0.05, 0.1) is 26.5 Å². The van der Waals surface area contributed by atoms with Gasteiger partial charge in [-0.2, -0.15) is 5.10 Å². The Morgan fingerprint density at radius 2 is 1.74 bits per heavy atom. The predicted molar refractivity (Wildman–Crippen MR) is 118 cm³/mol. The molecule has 0 aliphatic rings. The lowest BCUT2D eigenvalue weighted by atomic mass is 10.1. The molecule has 1 aromatic carbocycles. The van der Waals surface area contributed by atoms with E-state index in [4.69, 9.17) is 14.3 Å². The number of aliphatic hydroxyl groups is 1. The van der Waals surface area contributed by atoms with Crippen molar-refractivity contribution in [3.63, 3.8) is 0 Å². The standard InChI is InChI=1S/C24H20N4O3/c1-30-23-7-6-18(13-26-23)20-8-9-25-21-12-22(31-24(20)21)17-4-2-16(3-5-17)19-14-27-28(15-19)10-11-29/h2-9,12-15,29H,10-11H2,1H3. The summed E-state index contributed by atoms with van der Waals surface area (Å²) in [5.41, 5.74) is 6.39. The Hall–Kier alpha value is -3.97. The third kappa shape index (κ3) is 3.67. The number of aliphatic hydroxyl groups excluding tert-OH is 1. The van der Waals surface area contributed by atoms with E-state index in [0.29, 0.717) is 12.4 Å². The van der Waals surface area contributed by atoms with Gasteiger partial charge < -0.3 is 14.3 Å². The minimum atomic E-state index is 0.0642. The lowest BCUT2D eigenvalue weighted by Crippen LogP contribution is -2.01. The molecule has 0 fully saturated rings. The fourth-order valence-corrected chi connectivity index (χ4v) is 3.53. The summed E-state index contributed by atoms with van der Waals surface area (Å²) in [5, 5.41) is 13.3. The number of hydrogen-bond acceptors (Lipinski definition) is 6. The van der Waals surface area contributed by atoms with Crippen molar-refractivity contribution in [2.45, 2.75) is 6.54 Å². The lowest BCUT2D eigenvalue weighted by molar-refractivity contribution is 0.269. The number of aromatic nitrogens is 4. The number of methoxy groups -OCH3 is 1. The number of nitrogens with zero attached hydrogens (tertiary/aromatic N) is 4. The second-order valence-corrected chi connectivity index (χ2v) is 7.07. The highest BCUT2D eigenvalue weighted by molar-refractivity contribution is 5.92. The Bertz CT molecular complexity index is 1320. The molecule has 5 rings (SSSR count). The zero-order valence-corrected chi connectivity index (χ0v) is 16.9. The Morgan fingerprint density at radius 1 is 0.935 bits per heavy atom. The number of pyridine rings is 2. The summed E-state index contributed by atoms with van der Waals surface area (Å²) in [7, 11) is 1.60. The van der Waals surface area contributed by atoms with Crippen molar-refractivity contribution >= 4 is 11.1 Å². The first kappa shape index (κ1) is 19.0. The van der Waals surface area contributed by atoms with Gasteiger partial charge >= 0.3 is 0 Å². The van der Waals surface area contributed by atoms with E-state index < -0.39 is 0 Å². The monoisotopic (exact) mass is 412 g/mol. The molecule has 0 spiro atoms. The van der Waals surface area contributed by atoms with Crippen LogP contribution in [-0.4, -0.2) is 38.6 Å². The van der Waals surface area contributed by atoms with Gasteiger partial charge in [0.1, 0.15) is 11.3 Å². The summed E-state index contributed by atoms with van der Waals surface area (Å²) >= 11 is 0. The number of hydrogen-bond donors (Lipinski definition) is 1. The Kier molecular flexibility index (Phi) is 4.93. The van der Waals surface area contributed by atoms with Gasteiger partial charge in [-0.1, -0.05) is 24.3 Å². The van der Waals surface area contributed by atoms with Crippen LogP contribution in [0.4, 0.5) is 0 Å². The van der Waals surface area contributed by atoms with Gasteiger partial charge in [0.25, 0.3) is 0 Å². The van der Waals surface area contributed by atoms with Crippen molar-refractivity contribution in [1.82, 2.24) is 19.7 Å². The van der Waals surface area contributed by atoms with Crippen molar-refractivity contribution in [2.24, 2.45) is 0 Å². The van der Waals surface area contributed by atoms with E-state index in [0.717, 1.165) is 44.7 Å². The van der Waals surface area contributed by atoms with E-state index in [2.05, 4.69) is 15.1 Å². The van der Waals surface area contributed by atoms with Gasteiger partial charge in [0.15, 0.2) is 5.58 Å². The SMILES string of the molecule is COc1ccc(-c2ccnc3cc(-c4ccc(-c5cnn(CCO)c5)cc4)oc23)cn1. The zero-order valence-electron chi connectivity index (χ0n) is 16.9. The maximum atomic E-state index is 9.05. The molecule has 0 bridgehead atoms. The Balaban J connectivity index is 1.47. The maximum Gasteiger partial charge on any atom is 0.212 e. The van der Waals surface area contributed by atoms with Crippen molar-refractivity contribution in [3.05, 3.63) is 73.3 Å². The second-order valence-electron chi connectivity index (χ2n) is 7.07. The van der Waals surface area contributed by atoms with Crippen LogP contribution in [0.3, 0.4) is 0 Å². The molecule has 0 amide bonds. The number of furan rings is 1. The molecule has 4 aromatic heterocycles. The number of benzene rings is 1. The fourth-order valence-electron chi connectivity index (χ4n) is 3.53. The van der Waals surface area contributed by atoms with Crippen molar-refractivity contribution in [2.75, 3.05) is 13.7 Å². The van der Waals surface area contributed by atoms with Crippen LogP contribution in [0.2, 0.25) is 0 Å². The summed E-state index contributed by atoms with van der Waals surface area (Å²) < 4.78 is 13.1. The van der Waals surface area contributed by atoms with Crippen molar-refractivity contribution in [1.29, 1.82) is 0 Å². The molecule has 0 aliphatic heterocycles. The Labute approximate surface area is 178 Å². The van der Waals surface area contributed by atoms with Crippen LogP contribution in [0.15, 0.2) is 77.7 Å². The molecule has 0 unspecified atom stereocenters. The van der Waals surface area contributed by atoms with E-state index >= 15 is 0 Å². The lowest BCUT2D eigenvalue weighted by Gasteiger charge is -2.03. The molecule has 0 atom stereocenters.